The lowest BCUT2D eigenvalue weighted by Crippen LogP contribution is -2.44. The second-order valence-corrected chi connectivity index (χ2v) is 6.39. The Labute approximate surface area is 136 Å². The van der Waals surface area contributed by atoms with Crippen LogP contribution in [0.25, 0.3) is 0 Å². The molecular formula is C16H22Cl2N2O. The van der Waals surface area contributed by atoms with Crippen molar-refractivity contribution in [2.24, 2.45) is 0 Å². The fourth-order valence-corrected chi connectivity index (χ4v) is 3.34. The highest BCUT2D eigenvalue weighted by Crippen LogP contribution is 2.28. The van der Waals surface area contributed by atoms with Gasteiger partial charge < -0.3 is 4.90 Å². The van der Waals surface area contributed by atoms with Gasteiger partial charge in [0.1, 0.15) is 0 Å². The molecule has 0 aromatic heterocycles. The van der Waals surface area contributed by atoms with Crippen molar-refractivity contribution in [3.05, 3.63) is 33.8 Å². The van der Waals surface area contributed by atoms with Crippen LogP contribution in [0.1, 0.15) is 44.7 Å². The standard InChI is InChI=1S/C16H22Cl2N2O/c1-3-15(13-7-6-12(17)10-14(13)18)19-11(2)16(21)20-8-4-5-9-20/h6-7,10-11,15,19H,3-5,8-9H2,1-2H3. The Hall–Kier alpha value is -0.770. The third kappa shape index (κ3) is 4.12. The molecule has 1 aliphatic rings. The van der Waals surface area contributed by atoms with Crippen LogP contribution in [0.5, 0.6) is 0 Å². The van der Waals surface area contributed by atoms with E-state index in [0.29, 0.717) is 10.0 Å². The van der Waals surface area contributed by atoms with Crippen LogP contribution < -0.4 is 5.32 Å². The predicted molar refractivity (Wildman–Crippen MR) is 87.9 cm³/mol. The molecule has 0 spiro atoms. The van der Waals surface area contributed by atoms with E-state index in [9.17, 15) is 4.79 Å². The molecule has 0 radical (unpaired) electrons. The molecule has 1 amide bonds. The van der Waals surface area contributed by atoms with Crippen LogP contribution in [0, 0.1) is 0 Å². The van der Waals surface area contributed by atoms with Crippen LogP contribution in [0.3, 0.4) is 0 Å². The number of nitrogens with zero attached hydrogens (tertiary/aromatic N) is 1. The van der Waals surface area contributed by atoms with Gasteiger partial charge in [-0.2, -0.15) is 0 Å². The number of likely N-dealkylation sites (tertiary alicyclic amines) is 1. The molecule has 3 nitrogen and oxygen atoms in total. The molecule has 0 aliphatic carbocycles. The zero-order chi connectivity index (χ0) is 15.4. The topological polar surface area (TPSA) is 32.3 Å². The minimum Gasteiger partial charge on any atom is -0.341 e. The molecular weight excluding hydrogens is 307 g/mol. The van der Waals surface area contributed by atoms with Crippen molar-refractivity contribution in [2.75, 3.05) is 13.1 Å². The molecule has 0 bridgehead atoms. The van der Waals surface area contributed by atoms with Gasteiger partial charge in [-0.25, -0.2) is 0 Å². The number of nitrogens with one attached hydrogen (secondary N) is 1. The van der Waals surface area contributed by atoms with E-state index in [1.54, 1.807) is 6.07 Å². The van der Waals surface area contributed by atoms with E-state index >= 15 is 0 Å². The van der Waals surface area contributed by atoms with E-state index in [1.165, 1.54) is 0 Å². The van der Waals surface area contributed by atoms with E-state index < -0.39 is 0 Å². The van der Waals surface area contributed by atoms with Crippen LogP contribution in [0.15, 0.2) is 18.2 Å². The summed E-state index contributed by atoms with van der Waals surface area (Å²) in [5.41, 5.74) is 0.990. The zero-order valence-corrected chi connectivity index (χ0v) is 14.0. The summed E-state index contributed by atoms with van der Waals surface area (Å²) in [7, 11) is 0. The smallest absolute Gasteiger partial charge is 0.239 e. The molecule has 1 aromatic rings. The lowest BCUT2D eigenvalue weighted by Gasteiger charge is -2.26. The highest BCUT2D eigenvalue weighted by Gasteiger charge is 2.25. The predicted octanol–water partition coefficient (Wildman–Crippen LogP) is 4.05. The summed E-state index contributed by atoms with van der Waals surface area (Å²) in [6, 6.07) is 5.35. The highest BCUT2D eigenvalue weighted by molar-refractivity contribution is 6.35. The van der Waals surface area contributed by atoms with Crippen molar-refractivity contribution < 1.29 is 4.79 Å². The molecule has 1 heterocycles. The van der Waals surface area contributed by atoms with Crippen molar-refractivity contribution in [2.45, 2.75) is 45.2 Å². The third-order valence-corrected chi connectivity index (χ3v) is 4.55. The Morgan fingerprint density at radius 1 is 1.33 bits per heavy atom. The molecule has 116 valence electrons. The quantitative estimate of drug-likeness (QED) is 0.884. The van der Waals surface area contributed by atoms with Gasteiger partial charge >= 0.3 is 0 Å². The summed E-state index contributed by atoms with van der Waals surface area (Å²) in [4.78, 5) is 14.3. The molecule has 2 unspecified atom stereocenters. The number of carbonyl (C=O) groups is 1. The van der Waals surface area contributed by atoms with Crippen LogP contribution in [-0.4, -0.2) is 29.9 Å². The number of amides is 1. The second-order valence-electron chi connectivity index (χ2n) is 5.55. The Morgan fingerprint density at radius 3 is 2.57 bits per heavy atom. The summed E-state index contributed by atoms with van der Waals surface area (Å²) in [6.45, 7) is 5.76. The summed E-state index contributed by atoms with van der Waals surface area (Å²) in [6.07, 6.45) is 3.08. The Kier molecular flexibility index (Phi) is 5.91. The average Bonchev–Trinajstić information content (AvgIpc) is 2.98. The first-order valence-electron chi connectivity index (χ1n) is 7.52. The maximum Gasteiger partial charge on any atom is 0.239 e. The van der Waals surface area contributed by atoms with E-state index in [2.05, 4.69) is 12.2 Å². The van der Waals surface area contributed by atoms with Gasteiger partial charge in [0, 0.05) is 29.2 Å². The van der Waals surface area contributed by atoms with Gasteiger partial charge in [0.05, 0.1) is 6.04 Å². The summed E-state index contributed by atoms with van der Waals surface area (Å²) >= 11 is 12.2. The SMILES string of the molecule is CCC(NC(C)C(=O)N1CCCC1)c1ccc(Cl)cc1Cl. The van der Waals surface area contributed by atoms with E-state index in [4.69, 9.17) is 23.2 Å². The maximum absolute atomic E-state index is 12.4. The van der Waals surface area contributed by atoms with Gasteiger partial charge in [0.2, 0.25) is 5.91 Å². The summed E-state index contributed by atoms with van der Waals surface area (Å²) < 4.78 is 0. The fourth-order valence-electron chi connectivity index (χ4n) is 2.80. The van der Waals surface area contributed by atoms with Gasteiger partial charge in [-0.15, -0.1) is 0 Å². The number of carbonyl (C=O) groups excluding carboxylic acids is 1. The average molecular weight is 329 g/mol. The van der Waals surface area contributed by atoms with Crippen molar-refractivity contribution in [1.82, 2.24) is 10.2 Å². The van der Waals surface area contributed by atoms with E-state index in [-0.39, 0.29) is 18.0 Å². The second kappa shape index (κ2) is 7.48. The van der Waals surface area contributed by atoms with Crippen LogP contribution in [0.2, 0.25) is 10.0 Å². The number of hydrogen-bond acceptors (Lipinski definition) is 2. The van der Waals surface area contributed by atoms with E-state index in [1.807, 2.05) is 24.0 Å². The van der Waals surface area contributed by atoms with Crippen molar-refractivity contribution in [3.8, 4) is 0 Å². The normalized spacial score (nSPS) is 17.8. The van der Waals surface area contributed by atoms with E-state index in [0.717, 1.165) is 37.9 Å². The minimum atomic E-state index is -0.209. The molecule has 2 atom stereocenters. The Balaban J connectivity index is 2.05. The molecule has 21 heavy (non-hydrogen) atoms. The fraction of sp³-hybridized carbons (Fsp3) is 0.562. The molecule has 1 aliphatic heterocycles. The molecule has 2 rings (SSSR count). The molecule has 1 N–H and O–H groups in total. The Bertz CT molecular complexity index is 501. The largest absolute Gasteiger partial charge is 0.341 e. The van der Waals surface area contributed by atoms with Gasteiger partial charge in [0.25, 0.3) is 0 Å². The lowest BCUT2D eigenvalue weighted by molar-refractivity contribution is -0.132. The van der Waals surface area contributed by atoms with Crippen molar-refractivity contribution in [1.29, 1.82) is 0 Å². The highest BCUT2D eigenvalue weighted by atomic mass is 35.5. The lowest BCUT2D eigenvalue weighted by atomic mass is 10.0. The maximum atomic E-state index is 12.4. The van der Waals surface area contributed by atoms with Crippen LogP contribution >= 0.6 is 23.2 Å². The number of benzene rings is 1. The van der Waals surface area contributed by atoms with Gasteiger partial charge in [-0.3, -0.25) is 10.1 Å². The molecule has 1 fully saturated rings. The number of rotatable bonds is 5. The van der Waals surface area contributed by atoms with Gasteiger partial charge in [0.15, 0.2) is 0 Å². The van der Waals surface area contributed by atoms with Gasteiger partial charge in [-0.05, 0) is 43.9 Å². The van der Waals surface area contributed by atoms with Crippen LogP contribution in [0.4, 0.5) is 0 Å². The zero-order valence-electron chi connectivity index (χ0n) is 12.5. The first kappa shape index (κ1) is 16.6. The molecule has 1 saturated heterocycles. The molecule has 0 saturated carbocycles. The minimum absolute atomic E-state index is 0.0521. The number of halogens is 2. The molecule has 5 heteroatoms. The third-order valence-electron chi connectivity index (χ3n) is 3.99. The first-order chi connectivity index (χ1) is 10.0. The Morgan fingerprint density at radius 2 is 2.00 bits per heavy atom. The monoisotopic (exact) mass is 328 g/mol. The molecule has 1 aromatic carbocycles. The van der Waals surface area contributed by atoms with Crippen LogP contribution in [-0.2, 0) is 4.79 Å². The first-order valence-corrected chi connectivity index (χ1v) is 8.28. The number of hydrogen-bond donors (Lipinski definition) is 1. The van der Waals surface area contributed by atoms with Gasteiger partial charge in [-0.1, -0.05) is 36.2 Å². The van der Waals surface area contributed by atoms with Crippen molar-refractivity contribution >= 4 is 29.1 Å². The summed E-state index contributed by atoms with van der Waals surface area (Å²) in [5, 5.41) is 4.67. The van der Waals surface area contributed by atoms with Crippen molar-refractivity contribution in [3.63, 3.8) is 0 Å². The summed E-state index contributed by atoms with van der Waals surface area (Å²) in [5.74, 6) is 0.177.